The summed E-state index contributed by atoms with van der Waals surface area (Å²) in [6.45, 7) is 3.29. The first kappa shape index (κ1) is 15.3. The second-order valence-corrected chi connectivity index (χ2v) is 6.90. The number of ketones is 1. The van der Waals surface area contributed by atoms with Crippen molar-refractivity contribution in [2.45, 2.75) is 24.8 Å². The molecule has 1 N–H and O–H groups in total. The van der Waals surface area contributed by atoms with E-state index < -0.39 is 9.84 Å². The lowest BCUT2D eigenvalue weighted by molar-refractivity contribution is 0.101. The number of rotatable bonds is 5. The minimum absolute atomic E-state index is 0.122. The number of benzene rings is 1. The molecule has 2 rings (SSSR count). The van der Waals surface area contributed by atoms with Gasteiger partial charge in [-0.1, -0.05) is 0 Å². The Hall–Kier alpha value is -2.08. The third-order valence-corrected chi connectivity index (χ3v) is 4.28. The van der Waals surface area contributed by atoms with Crippen LogP contribution in [-0.4, -0.2) is 20.5 Å². The molecule has 1 atom stereocenters. The van der Waals surface area contributed by atoms with Gasteiger partial charge in [-0.2, -0.15) is 0 Å². The molecule has 1 heterocycles. The van der Waals surface area contributed by atoms with Gasteiger partial charge in [-0.15, -0.1) is 0 Å². The van der Waals surface area contributed by atoms with Gasteiger partial charge in [0.15, 0.2) is 15.6 Å². The van der Waals surface area contributed by atoms with E-state index in [1.807, 2.05) is 6.92 Å². The fraction of sp³-hybridized carbons (Fsp3) is 0.267. The van der Waals surface area contributed by atoms with E-state index >= 15 is 0 Å². The van der Waals surface area contributed by atoms with Crippen LogP contribution < -0.4 is 5.32 Å². The molecule has 0 fully saturated rings. The van der Waals surface area contributed by atoms with Gasteiger partial charge in [0.25, 0.3) is 0 Å². The summed E-state index contributed by atoms with van der Waals surface area (Å²) < 4.78 is 29.0. The van der Waals surface area contributed by atoms with Crippen molar-refractivity contribution in [1.82, 2.24) is 0 Å². The van der Waals surface area contributed by atoms with E-state index in [-0.39, 0.29) is 16.7 Å². The van der Waals surface area contributed by atoms with Gasteiger partial charge in [-0.05, 0) is 44.2 Å². The molecule has 0 aliphatic heterocycles. The monoisotopic (exact) mass is 307 g/mol. The van der Waals surface area contributed by atoms with E-state index in [0.717, 1.165) is 6.26 Å². The molecule has 0 unspecified atom stereocenters. The van der Waals surface area contributed by atoms with Crippen LogP contribution in [0.15, 0.2) is 45.9 Å². The minimum atomic E-state index is -3.39. The number of hydrogen-bond donors (Lipinski definition) is 1. The van der Waals surface area contributed by atoms with Crippen molar-refractivity contribution < 1.29 is 17.6 Å². The molecule has 112 valence electrons. The first-order chi connectivity index (χ1) is 9.79. The summed E-state index contributed by atoms with van der Waals surface area (Å²) >= 11 is 0. The average Bonchev–Trinajstić information content (AvgIpc) is 2.91. The first-order valence-electron chi connectivity index (χ1n) is 6.44. The van der Waals surface area contributed by atoms with Gasteiger partial charge in [-0.3, -0.25) is 4.79 Å². The van der Waals surface area contributed by atoms with E-state index in [9.17, 15) is 13.2 Å². The smallest absolute Gasteiger partial charge is 0.177 e. The fourth-order valence-electron chi connectivity index (χ4n) is 2.03. The largest absolute Gasteiger partial charge is 0.467 e. The molecule has 0 spiro atoms. The Morgan fingerprint density at radius 1 is 1.29 bits per heavy atom. The summed E-state index contributed by atoms with van der Waals surface area (Å²) in [6.07, 6.45) is 2.69. The Morgan fingerprint density at radius 2 is 2.00 bits per heavy atom. The molecule has 2 aromatic rings. The Balaban J connectivity index is 2.44. The topological polar surface area (TPSA) is 76.4 Å². The summed E-state index contributed by atoms with van der Waals surface area (Å²) in [5.74, 6) is 0.562. The van der Waals surface area contributed by atoms with Crippen LogP contribution >= 0.6 is 0 Å². The number of carbonyl (C=O) groups is 1. The molecule has 1 aromatic carbocycles. The summed E-state index contributed by atoms with van der Waals surface area (Å²) in [5, 5.41) is 3.09. The highest BCUT2D eigenvalue weighted by atomic mass is 32.2. The summed E-state index contributed by atoms with van der Waals surface area (Å²) in [4.78, 5) is 11.6. The molecule has 6 heteroatoms. The standard InChI is InChI=1S/C15H17NO4S/c1-10(14-5-4-8-20-14)16-13-9-12(11(2)17)6-7-15(13)21(3,18)19/h4-10,16H,1-3H3/t10-/m1/s1. The molecule has 0 radical (unpaired) electrons. The molecular weight excluding hydrogens is 290 g/mol. The van der Waals surface area contributed by atoms with Crippen molar-refractivity contribution in [2.75, 3.05) is 11.6 Å². The van der Waals surface area contributed by atoms with E-state index in [1.54, 1.807) is 24.5 Å². The van der Waals surface area contributed by atoms with Crippen LogP contribution in [0.25, 0.3) is 0 Å². The number of hydrogen-bond acceptors (Lipinski definition) is 5. The number of nitrogens with one attached hydrogen (secondary N) is 1. The van der Waals surface area contributed by atoms with Crippen LogP contribution in [0.4, 0.5) is 5.69 Å². The molecule has 1 aromatic heterocycles. The van der Waals surface area contributed by atoms with E-state index in [1.165, 1.54) is 19.1 Å². The third-order valence-electron chi connectivity index (χ3n) is 3.13. The maximum absolute atomic E-state index is 11.9. The summed E-state index contributed by atoms with van der Waals surface area (Å²) in [6, 6.07) is 7.86. The van der Waals surface area contributed by atoms with E-state index in [2.05, 4.69) is 5.32 Å². The van der Waals surface area contributed by atoms with Gasteiger partial charge in [0.1, 0.15) is 5.76 Å². The number of carbonyl (C=O) groups excluding carboxylic acids is 1. The fourth-order valence-corrected chi connectivity index (χ4v) is 2.86. The lowest BCUT2D eigenvalue weighted by Crippen LogP contribution is -2.11. The van der Waals surface area contributed by atoms with Crippen LogP contribution in [0.3, 0.4) is 0 Å². The van der Waals surface area contributed by atoms with Gasteiger partial charge in [0.2, 0.25) is 0 Å². The van der Waals surface area contributed by atoms with Gasteiger partial charge in [0.05, 0.1) is 22.9 Å². The second-order valence-electron chi connectivity index (χ2n) is 4.92. The molecular formula is C15H17NO4S. The highest BCUT2D eigenvalue weighted by molar-refractivity contribution is 7.90. The van der Waals surface area contributed by atoms with Crippen LogP contribution in [0.1, 0.15) is 36.0 Å². The second kappa shape index (κ2) is 5.73. The van der Waals surface area contributed by atoms with Crippen LogP contribution in [0, 0.1) is 0 Å². The Morgan fingerprint density at radius 3 is 2.52 bits per heavy atom. The van der Waals surface area contributed by atoms with E-state index in [4.69, 9.17) is 4.42 Å². The SMILES string of the molecule is CC(=O)c1ccc(S(C)(=O)=O)c(N[C@H](C)c2ccco2)c1. The van der Waals surface area contributed by atoms with Crippen LogP contribution in [0.2, 0.25) is 0 Å². The molecule has 0 aliphatic carbocycles. The predicted octanol–water partition coefficient (Wildman–Crippen LogP) is 3.06. The first-order valence-corrected chi connectivity index (χ1v) is 8.33. The van der Waals surface area contributed by atoms with Crippen LogP contribution in [0.5, 0.6) is 0 Å². The normalized spacial score (nSPS) is 12.9. The predicted molar refractivity (Wildman–Crippen MR) is 80.3 cm³/mol. The van der Waals surface area contributed by atoms with Gasteiger partial charge < -0.3 is 9.73 Å². The molecule has 21 heavy (non-hydrogen) atoms. The summed E-state index contributed by atoms with van der Waals surface area (Å²) in [5.41, 5.74) is 0.852. The van der Waals surface area contributed by atoms with Gasteiger partial charge in [0, 0.05) is 11.8 Å². The zero-order valence-corrected chi connectivity index (χ0v) is 12.9. The van der Waals surface area contributed by atoms with Crippen molar-refractivity contribution in [3.63, 3.8) is 0 Å². The maximum atomic E-state index is 11.9. The lowest BCUT2D eigenvalue weighted by Gasteiger charge is -2.16. The quantitative estimate of drug-likeness (QED) is 0.859. The number of furan rings is 1. The molecule has 5 nitrogen and oxygen atoms in total. The van der Waals surface area contributed by atoms with E-state index in [0.29, 0.717) is 17.0 Å². The highest BCUT2D eigenvalue weighted by Crippen LogP contribution is 2.27. The van der Waals surface area contributed by atoms with Crippen molar-refractivity contribution in [2.24, 2.45) is 0 Å². The maximum Gasteiger partial charge on any atom is 0.177 e. The van der Waals surface area contributed by atoms with Crippen molar-refractivity contribution >= 4 is 21.3 Å². The van der Waals surface area contributed by atoms with Crippen molar-refractivity contribution in [3.05, 3.63) is 47.9 Å². The van der Waals surface area contributed by atoms with Gasteiger partial charge >= 0.3 is 0 Å². The Bertz CT molecular complexity index is 748. The lowest BCUT2D eigenvalue weighted by atomic mass is 10.1. The molecule has 0 saturated carbocycles. The van der Waals surface area contributed by atoms with Crippen molar-refractivity contribution in [1.29, 1.82) is 0 Å². The minimum Gasteiger partial charge on any atom is -0.467 e. The molecule has 0 saturated heterocycles. The number of anilines is 1. The van der Waals surface area contributed by atoms with Crippen LogP contribution in [-0.2, 0) is 9.84 Å². The van der Waals surface area contributed by atoms with Gasteiger partial charge in [-0.25, -0.2) is 8.42 Å². The average molecular weight is 307 g/mol. The van der Waals surface area contributed by atoms with Crippen molar-refractivity contribution in [3.8, 4) is 0 Å². The highest BCUT2D eigenvalue weighted by Gasteiger charge is 2.18. The number of Topliss-reactive ketones (excluding diaryl/α,β-unsaturated/α-hetero) is 1. The third kappa shape index (κ3) is 3.52. The zero-order valence-electron chi connectivity index (χ0n) is 12.1. The molecule has 0 aliphatic rings. The summed E-state index contributed by atoms with van der Waals surface area (Å²) in [7, 11) is -3.39. The zero-order chi connectivity index (χ0) is 15.6. The number of sulfone groups is 1. The molecule has 0 amide bonds. The molecule has 0 bridgehead atoms. The Labute approximate surface area is 123 Å². The Kier molecular flexibility index (Phi) is 4.18.